The zero-order valence-corrected chi connectivity index (χ0v) is 8.88. The first-order valence-electron chi connectivity index (χ1n) is 4.79. The summed E-state index contributed by atoms with van der Waals surface area (Å²) in [6, 6.07) is 4.22. The minimum Gasteiger partial charge on any atom is -0.351 e. The van der Waals surface area contributed by atoms with Gasteiger partial charge < -0.3 is 11.1 Å². The van der Waals surface area contributed by atoms with Gasteiger partial charge in [0.15, 0.2) is 0 Å². The molecule has 0 fully saturated rings. The molecule has 1 atom stereocenters. The van der Waals surface area contributed by atoms with Gasteiger partial charge in [0.25, 0.3) is 0 Å². The van der Waals surface area contributed by atoms with Crippen molar-refractivity contribution < 1.29 is 9.18 Å². The average molecular weight is 210 g/mol. The number of halogens is 1. The minimum atomic E-state index is -0.522. The zero-order chi connectivity index (χ0) is 11.4. The predicted octanol–water partition coefficient (Wildman–Crippen LogP) is 1.10. The highest BCUT2D eigenvalue weighted by molar-refractivity contribution is 5.80. The number of carbonyl (C=O) groups is 1. The molecule has 0 aliphatic heterocycles. The Balaban J connectivity index is 2.58. The van der Waals surface area contributed by atoms with Crippen LogP contribution in [-0.2, 0) is 11.3 Å². The van der Waals surface area contributed by atoms with Gasteiger partial charge in [0.05, 0.1) is 6.04 Å². The van der Waals surface area contributed by atoms with E-state index in [4.69, 9.17) is 5.73 Å². The molecular formula is C11H15FN2O. The van der Waals surface area contributed by atoms with Crippen molar-refractivity contribution in [2.75, 3.05) is 0 Å². The maximum absolute atomic E-state index is 12.9. The molecule has 3 N–H and O–H groups in total. The van der Waals surface area contributed by atoms with Crippen molar-refractivity contribution in [2.24, 2.45) is 5.73 Å². The van der Waals surface area contributed by atoms with Crippen LogP contribution in [-0.4, -0.2) is 11.9 Å². The number of hydrogen-bond acceptors (Lipinski definition) is 2. The van der Waals surface area contributed by atoms with Crippen molar-refractivity contribution in [3.63, 3.8) is 0 Å². The first-order chi connectivity index (χ1) is 7.00. The minimum absolute atomic E-state index is 0.211. The van der Waals surface area contributed by atoms with Crippen molar-refractivity contribution in [2.45, 2.75) is 26.4 Å². The molecule has 1 unspecified atom stereocenters. The van der Waals surface area contributed by atoms with Crippen LogP contribution in [0, 0.1) is 12.7 Å². The van der Waals surface area contributed by atoms with E-state index in [9.17, 15) is 9.18 Å². The lowest BCUT2D eigenvalue weighted by molar-refractivity contribution is -0.122. The lowest BCUT2D eigenvalue weighted by Crippen LogP contribution is -2.37. The molecule has 3 nitrogen and oxygen atoms in total. The van der Waals surface area contributed by atoms with Gasteiger partial charge in [0, 0.05) is 6.54 Å². The molecule has 0 radical (unpaired) electrons. The molecule has 0 aliphatic carbocycles. The summed E-state index contributed by atoms with van der Waals surface area (Å²) < 4.78 is 12.9. The third kappa shape index (κ3) is 3.32. The van der Waals surface area contributed by atoms with Gasteiger partial charge in [0.2, 0.25) is 5.91 Å². The van der Waals surface area contributed by atoms with Crippen LogP contribution in [0.5, 0.6) is 0 Å². The van der Waals surface area contributed by atoms with Crippen LogP contribution >= 0.6 is 0 Å². The van der Waals surface area contributed by atoms with Crippen molar-refractivity contribution in [1.82, 2.24) is 5.32 Å². The largest absolute Gasteiger partial charge is 0.351 e. The van der Waals surface area contributed by atoms with E-state index in [1.807, 2.05) is 0 Å². The van der Waals surface area contributed by atoms with Gasteiger partial charge in [-0.1, -0.05) is 12.1 Å². The zero-order valence-electron chi connectivity index (χ0n) is 8.88. The van der Waals surface area contributed by atoms with Gasteiger partial charge >= 0.3 is 0 Å². The highest BCUT2D eigenvalue weighted by atomic mass is 19.1. The summed E-state index contributed by atoms with van der Waals surface area (Å²) in [6.45, 7) is 3.68. The second kappa shape index (κ2) is 4.89. The second-order valence-corrected chi connectivity index (χ2v) is 3.59. The van der Waals surface area contributed by atoms with E-state index < -0.39 is 6.04 Å². The Kier molecular flexibility index (Phi) is 3.80. The third-order valence-electron chi connectivity index (χ3n) is 2.10. The molecule has 82 valence electrons. The smallest absolute Gasteiger partial charge is 0.236 e. The second-order valence-electron chi connectivity index (χ2n) is 3.59. The number of nitrogens with two attached hydrogens (primary N) is 1. The van der Waals surface area contributed by atoms with Gasteiger partial charge in [-0.15, -0.1) is 0 Å². The molecule has 0 bridgehead atoms. The fourth-order valence-corrected chi connectivity index (χ4v) is 1.17. The third-order valence-corrected chi connectivity index (χ3v) is 2.10. The predicted molar refractivity (Wildman–Crippen MR) is 56.6 cm³/mol. The number of benzene rings is 1. The van der Waals surface area contributed by atoms with E-state index in [0.717, 1.165) is 5.56 Å². The van der Waals surface area contributed by atoms with Crippen LogP contribution in [0.3, 0.4) is 0 Å². The molecule has 0 spiro atoms. The van der Waals surface area contributed by atoms with Crippen LogP contribution in [0.4, 0.5) is 4.39 Å². The maximum Gasteiger partial charge on any atom is 0.236 e. The Hall–Kier alpha value is -1.42. The van der Waals surface area contributed by atoms with E-state index in [1.54, 1.807) is 26.0 Å². The van der Waals surface area contributed by atoms with Crippen molar-refractivity contribution >= 4 is 5.91 Å². The van der Waals surface area contributed by atoms with Crippen LogP contribution in [0.25, 0.3) is 0 Å². The quantitative estimate of drug-likeness (QED) is 0.784. The standard InChI is InChI=1S/C11H15FN2O/c1-7-5-9(3-4-10(7)12)6-14-11(15)8(2)13/h3-5,8H,6,13H2,1-2H3,(H,14,15). The van der Waals surface area contributed by atoms with Crippen LogP contribution in [0.2, 0.25) is 0 Å². The lowest BCUT2D eigenvalue weighted by Gasteiger charge is -2.08. The van der Waals surface area contributed by atoms with Crippen molar-refractivity contribution in [1.29, 1.82) is 0 Å². The number of aryl methyl sites for hydroxylation is 1. The highest BCUT2D eigenvalue weighted by Crippen LogP contribution is 2.08. The average Bonchev–Trinajstić information content (AvgIpc) is 2.19. The summed E-state index contributed by atoms with van der Waals surface area (Å²) in [4.78, 5) is 11.2. The number of rotatable bonds is 3. The summed E-state index contributed by atoms with van der Waals surface area (Å²) >= 11 is 0. The monoisotopic (exact) mass is 210 g/mol. The van der Waals surface area contributed by atoms with E-state index >= 15 is 0 Å². The SMILES string of the molecule is Cc1cc(CNC(=O)C(C)N)ccc1F. The van der Waals surface area contributed by atoms with Crippen molar-refractivity contribution in [3.8, 4) is 0 Å². The molecule has 0 heterocycles. The number of carbonyl (C=O) groups excluding carboxylic acids is 1. The molecule has 1 aromatic carbocycles. The van der Waals surface area contributed by atoms with Gasteiger partial charge in [-0.05, 0) is 31.0 Å². The number of amides is 1. The van der Waals surface area contributed by atoms with E-state index in [0.29, 0.717) is 12.1 Å². The highest BCUT2D eigenvalue weighted by Gasteiger charge is 2.06. The fourth-order valence-electron chi connectivity index (χ4n) is 1.17. The summed E-state index contributed by atoms with van der Waals surface area (Å²) in [5.41, 5.74) is 6.82. The Morgan fingerprint density at radius 1 is 1.60 bits per heavy atom. The van der Waals surface area contributed by atoms with Crippen LogP contribution in [0.15, 0.2) is 18.2 Å². The molecule has 4 heteroatoms. The summed E-state index contributed by atoms with van der Waals surface area (Å²) in [5, 5.41) is 2.66. The first-order valence-corrected chi connectivity index (χ1v) is 4.79. The molecule has 0 saturated carbocycles. The molecule has 1 aromatic rings. The molecular weight excluding hydrogens is 195 g/mol. The fraction of sp³-hybridized carbons (Fsp3) is 0.364. The molecule has 1 rings (SSSR count). The van der Waals surface area contributed by atoms with E-state index in [2.05, 4.69) is 5.32 Å². The number of hydrogen-bond donors (Lipinski definition) is 2. The van der Waals surface area contributed by atoms with Gasteiger partial charge in [0.1, 0.15) is 5.82 Å². The molecule has 0 saturated heterocycles. The summed E-state index contributed by atoms with van der Waals surface area (Å²) in [5.74, 6) is -0.450. The van der Waals surface area contributed by atoms with Crippen LogP contribution in [0.1, 0.15) is 18.1 Å². The van der Waals surface area contributed by atoms with Crippen LogP contribution < -0.4 is 11.1 Å². The van der Waals surface area contributed by atoms with Gasteiger partial charge in [-0.3, -0.25) is 4.79 Å². The summed E-state index contributed by atoms with van der Waals surface area (Å²) in [7, 11) is 0. The lowest BCUT2D eigenvalue weighted by atomic mass is 10.1. The maximum atomic E-state index is 12.9. The van der Waals surface area contributed by atoms with Crippen molar-refractivity contribution in [3.05, 3.63) is 35.1 Å². The van der Waals surface area contributed by atoms with Gasteiger partial charge in [-0.25, -0.2) is 4.39 Å². The van der Waals surface area contributed by atoms with E-state index in [1.165, 1.54) is 6.07 Å². The topological polar surface area (TPSA) is 55.1 Å². The summed E-state index contributed by atoms with van der Waals surface area (Å²) in [6.07, 6.45) is 0. The Labute approximate surface area is 88.5 Å². The molecule has 1 amide bonds. The Morgan fingerprint density at radius 3 is 2.80 bits per heavy atom. The first kappa shape index (κ1) is 11.7. The Morgan fingerprint density at radius 2 is 2.27 bits per heavy atom. The Bertz CT molecular complexity index is 364. The van der Waals surface area contributed by atoms with Gasteiger partial charge in [-0.2, -0.15) is 0 Å². The molecule has 0 aromatic heterocycles. The number of nitrogens with one attached hydrogen (secondary N) is 1. The molecule has 15 heavy (non-hydrogen) atoms. The molecule has 0 aliphatic rings. The van der Waals surface area contributed by atoms with E-state index in [-0.39, 0.29) is 11.7 Å². The normalized spacial score (nSPS) is 12.3.